The smallest absolute Gasteiger partial charge is 0.222 e. The molecular formula is C19H23N5O2. The quantitative estimate of drug-likeness (QED) is 0.471. The van der Waals surface area contributed by atoms with E-state index in [-0.39, 0.29) is 0 Å². The van der Waals surface area contributed by atoms with Crippen LogP contribution in [0.15, 0.2) is 43.4 Å². The number of fused-ring (bicyclic) bond motifs is 1. The van der Waals surface area contributed by atoms with E-state index in [0.29, 0.717) is 29.6 Å². The molecule has 136 valence electrons. The normalized spacial score (nSPS) is 10.8. The zero-order chi connectivity index (χ0) is 18.4. The lowest BCUT2D eigenvalue weighted by atomic mass is 10.1. The highest BCUT2D eigenvalue weighted by molar-refractivity contribution is 5.69. The van der Waals surface area contributed by atoms with Gasteiger partial charge in [-0.25, -0.2) is 14.5 Å². The van der Waals surface area contributed by atoms with Crippen molar-refractivity contribution >= 4 is 5.65 Å². The van der Waals surface area contributed by atoms with Crippen molar-refractivity contribution in [1.29, 1.82) is 0 Å². The summed E-state index contributed by atoms with van der Waals surface area (Å²) in [5.74, 6) is 1.19. The van der Waals surface area contributed by atoms with E-state index in [9.17, 15) is 0 Å². The number of rotatable bonds is 9. The molecule has 0 saturated carbocycles. The molecule has 7 nitrogen and oxygen atoms in total. The van der Waals surface area contributed by atoms with Gasteiger partial charge in [0.05, 0.1) is 19.3 Å². The van der Waals surface area contributed by atoms with Gasteiger partial charge in [0.2, 0.25) is 5.88 Å². The molecule has 0 unspecified atom stereocenters. The molecule has 3 aromatic heterocycles. The second kappa shape index (κ2) is 8.44. The number of imidazole rings is 1. The van der Waals surface area contributed by atoms with Gasteiger partial charge in [0.15, 0.2) is 11.4 Å². The van der Waals surface area contributed by atoms with Crippen molar-refractivity contribution in [3.05, 3.63) is 48.9 Å². The summed E-state index contributed by atoms with van der Waals surface area (Å²) in [5, 5.41) is 7.94. The third-order valence-corrected chi connectivity index (χ3v) is 3.86. The fourth-order valence-corrected chi connectivity index (χ4v) is 2.59. The lowest BCUT2D eigenvalue weighted by Gasteiger charge is -2.12. The first-order valence-corrected chi connectivity index (χ1v) is 8.59. The Balaban J connectivity index is 2.04. The van der Waals surface area contributed by atoms with Crippen LogP contribution in [0.3, 0.4) is 0 Å². The van der Waals surface area contributed by atoms with E-state index in [1.54, 1.807) is 24.0 Å². The maximum atomic E-state index is 5.88. The van der Waals surface area contributed by atoms with Gasteiger partial charge < -0.3 is 14.8 Å². The number of hydrogen-bond acceptors (Lipinski definition) is 6. The topological polar surface area (TPSA) is 73.6 Å². The lowest BCUT2D eigenvalue weighted by Crippen LogP contribution is -2.12. The molecular weight excluding hydrogens is 330 g/mol. The zero-order valence-corrected chi connectivity index (χ0v) is 15.1. The first kappa shape index (κ1) is 17.9. The van der Waals surface area contributed by atoms with Crippen LogP contribution in [0.1, 0.15) is 18.9 Å². The molecule has 0 aromatic carbocycles. The van der Waals surface area contributed by atoms with Gasteiger partial charge in [0.25, 0.3) is 0 Å². The maximum absolute atomic E-state index is 5.88. The van der Waals surface area contributed by atoms with Crippen LogP contribution in [-0.2, 0) is 6.54 Å². The van der Waals surface area contributed by atoms with Crippen molar-refractivity contribution < 1.29 is 9.47 Å². The summed E-state index contributed by atoms with van der Waals surface area (Å²) in [6.07, 6.45) is 7.88. The molecule has 26 heavy (non-hydrogen) atoms. The van der Waals surface area contributed by atoms with Crippen LogP contribution >= 0.6 is 0 Å². The van der Waals surface area contributed by atoms with E-state index in [1.165, 1.54) is 0 Å². The predicted octanol–water partition coefficient (Wildman–Crippen LogP) is 2.86. The Kier molecular flexibility index (Phi) is 5.80. The Hall–Kier alpha value is -2.93. The van der Waals surface area contributed by atoms with E-state index in [0.717, 1.165) is 30.6 Å². The Bertz CT molecular complexity index is 891. The van der Waals surface area contributed by atoms with E-state index in [4.69, 9.17) is 9.47 Å². The number of hydrogen-bond donors (Lipinski definition) is 1. The molecule has 7 heteroatoms. The van der Waals surface area contributed by atoms with E-state index >= 15 is 0 Å². The molecule has 0 fully saturated rings. The van der Waals surface area contributed by atoms with Gasteiger partial charge in [-0.15, -0.1) is 6.58 Å². The maximum Gasteiger partial charge on any atom is 0.222 e. The first-order valence-electron chi connectivity index (χ1n) is 8.59. The summed E-state index contributed by atoms with van der Waals surface area (Å²) in [6, 6.07) is 3.91. The summed E-state index contributed by atoms with van der Waals surface area (Å²) in [7, 11) is 1.60. The highest BCUT2D eigenvalue weighted by atomic mass is 16.5. The molecule has 0 spiro atoms. The summed E-state index contributed by atoms with van der Waals surface area (Å²) >= 11 is 0. The average molecular weight is 353 g/mol. The number of methoxy groups -OCH3 is 1. The summed E-state index contributed by atoms with van der Waals surface area (Å²) < 4.78 is 13.0. The minimum atomic E-state index is 0.522. The molecule has 0 amide bonds. The molecule has 1 N–H and O–H groups in total. The second-order valence-corrected chi connectivity index (χ2v) is 5.70. The predicted molar refractivity (Wildman–Crippen MR) is 100 cm³/mol. The Morgan fingerprint density at radius 1 is 1.31 bits per heavy atom. The van der Waals surface area contributed by atoms with Gasteiger partial charge in [-0.2, -0.15) is 5.10 Å². The molecule has 0 bridgehead atoms. The molecule has 0 saturated heterocycles. The Morgan fingerprint density at radius 2 is 2.19 bits per heavy atom. The minimum absolute atomic E-state index is 0.522. The third-order valence-electron chi connectivity index (χ3n) is 3.86. The largest absolute Gasteiger partial charge is 0.489 e. The van der Waals surface area contributed by atoms with Crippen molar-refractivity contribution in [2.75, 3.05) is 20.3 Å². The highest BCUT2D eigenvalue weighted by Crippen LogP contribution is 2.31. The third kappa shape index (κ3) is 3.83. The van der Waals surface area contributed by atoms with Crippen molar-refractivity contribution in [2.45, 2.75) is 19.9 Å². The lowest BCUT2D eigenvalue weighted by molar-refractivity contribution is 0.326. The van der Waals surface area contributed by atoms with Crippen LogP contribution < -0.4 is 14.8 Å². The standard InChI is InChI=1S/C19H23N5O2/c1-4-6-9-26-17-11-16(23-24-8-7-21-18(17)24)15-10-14(12-20-5-2)13-22-19(15)25-3/h4,7-8,10-11,13,20H,1,5-6,9,12H2,2-3H3. The fourth-order valence-electron chi connectivity index (χ4n) is 2.59. The monoisotopic (exact) mass is 353 g/mol. The molecule has 3 heterocycles. The van der Waals surface area contributed by atoms with Crippen LogP contribution in [0.2, 0.25) is 0 Å². The summed E-state index contributed by atoms with van der Waals surface area (Å²) in [4.78, 5) is 8.74. The number of ether oxygens (including phenoxy) is 2. The molecule has 0 atom stereocenters. The number of nitrogens with one attached hydrogen (secondary N) is 1. The zero-order valence-electron chi connectivity index (χ0n) is 15.1. The van der Waals surface area contributed by atoms with Gasteiger partial charge in [-0.05, 0) is 24.6 Å². The van der Waals surface area contributed by atoms with Gasteiger partial charge in [0.1, 0.15) is 5.69 Å². The van der Waals surface area contributed by atoms with Crippen LogP contribution in [-0.4, -0.2) is 39.8 Å². The van der Waals surface area contributed by atoms with Gasteiger partial charge in [0, 0.05) is 31.2 Å². The Labute approximate surface area is 152 Å². The molecule has 3 aromatic rings. The van der Waals surface area contributed by atoms with Crippen molar-refractivity contribution in [3.8, 4) is 22.9 Å². The van der Waals surface area contributed by atoms with Crippen LogP contribution in [0, 0.1) is 0 Å². The van der Waals surface area contributed by atoms with E-state index in [1.807, 2.05) is 24.4 Å². The van der Waals surface area contributed by atoms with Gasteiger partial charge in [-0.1, -0.05) is 13.0 Å². The Morgan fingerprint density at radius 3 is 2.96 bits per heavy atom. The fraction of sp³-hybridized carbons (Fsp3) is 0.316. The molecule has 0 aliphatic heterocycles. The number of aromatic nitrogens is 4. The second-order valence-electron chi connectivity index (χ2n) is 5.70. The van der Waals surface area contributed by atoms with Crippen molar-refractivity contribution in [2.24, 2.45) is 0 Å². The molecule has 3 rings (SSSR count). The van der Waals surface area contributed by atoms with E-state index in [2.05, 4.69) is 33.9 Å². The van der Waals surface area contributed by atoms with Gasteiger partial charge >= 0.3 is 0 Å². The molecule has 0 aliphatic carbocycles. The van der Waals surface area contributed by atoms with Crippen molar-refractivity contribution in [1.82, 2.24) is 24.9 Å². The number of pyridine rings is 1. The SMILES string of the molecule is C=CCCOc1cc(-c2cc(CNCC)cnc2OC)nn2ccnc12. The number of nitrogens with zero attached hydrogens (tertiary/aromatic N) is 4. The van der Waals surface area contributed by atoms with Crippen molar-refractivity contribution in [3.63, 3.8) is 0 Å². The van der Waals surface area contributed by atoms with Crippen LogP contribution in [0.5, 0.6) is 11.6 Å². The van der Waals surface area contributed by atoms with E-state index < -0.39 is 0 Å². The molecule has 0 aliphatic rings. The first-order chi connectivity index (χ1) is 12.8. The summed E-state index contributed by atoms with van der Waals surface area (Å²) in [5.41, 5.74) is 3.26. The minimum Gasteiger partial charge on any atom is -0.489 e. The summed E-state index contributed by atoms with van der Waals surface area (Å²) in [6.45, 7) is 7.95. The van der Waals surface area contributed by atoms with Crippen LogP contribution in [0.25, 0.3) is 16.9 Å². The van der Waals surface area contributed by atoms with Crippen LogP contribution in [0.4, 0.5) is 0 Å². The highest BCUT2D eigenvalue weighted by Gasteiger charge is 2.15. The van der Waals surface area contributed by atoms with Gasteiger partial charge in [-0.3, -0.25) is 0 Å². The molecule has 0 radical (unpaired) electrons. The average Bonchev–Trinajstić information content (AvgIpc) is 3.15.